The van der Waals surface area contributed by atoms with Gasteiger partial charge in [-0.05, 0) is 35.8 Å². The zero-order chi connectivity index (χ0) is 17.2. The highest BCUT2D eigenvalue weighted by molar-refractivity contribution is 7.71. The number of benzene rings is 1. The molecule has 0 atom stereocenters. The van der Waals surface area contributed by atoms with Crippen molar-refractivity contribution in [3.05, 3.63) is 51.6 Å². The van der Waals surface area contributed by atoms with Crippen LogP contribution in [0.3, 0.4) is 0 Å². The molecule has 5 nitrogen and oxygen atoms in total. The molecule has 3 aromatic rings. The van der Waals surface area contributed by atoms with Crippen LogP contribution < -0.4 is 4.90 Å². The molecule has 0 aliphatic carbocycles. The quantitative estimate of drug-likeness (QED) is 0.679. The Labute approximate surface area is 160 Å². The third-order valence-electron chi connectivity index (χ3n) is 4.34. The van der Waals surface area contributed by atoms with E-state index in [4.69, 9.17) is 23.8 Å². The number of hydrogen-bond donors (Lipinski definition) is 1. The van der Waals surface area contributed by atoms with Gasteiger partial charge in [-0.1, -0.05) is 29.8 Å². The van der Waals surface area contributed by atoms with E-state index in [0.717, 1.165) is 54.3 Å². The summed E-state index contributed by atoms with van der Waals surface area (Å²) in [7, 11) is 0. The van der Waals surface area contributed by atoms with E-state index in [-0.39, 0.29) is 0 Å². The second kappa shape index (κ2) is 7.29. The predicted molar refractivity (Wildman–Crippen MR) is 106 cm³/mol. The monoisotopic (exact) mass is 391 g/mol. The van der Waals surface area contributed by atoms with E-state index in [1.807, 2.05) is 40.4 Å². The van der Waals surface area contributed by atoms with Gasteiger partial charge >= 0.3 is 0 Å². The Morgan fingerprint density at radius 3 is 2.64 bits per heavy atom. The van der Waals surface area contributed by atoms with Gasteiger partial charge in [0.1, 0.15) is 0 Å². The van der Waals surface area contributed by atoms with Crippen molar-refractivity contribution >= 4 is 40.8 Å². The lowest BCUT2D eigenvalue weighted by atomic mass is 10.2. The molecule has 0 spiro atoms. The van der Waals surface area contributed by atoms with Crippen molar-refractivity contribution in [3.8, 4) is 10.7 Å². The molecule has 1 aliphatic rings. The zero-order valence-corrected chi connectivity index (χ0v) is 15.9. The third kappa shape index (κ3) is 3.64. The number of thiophene rings is 1. The Balaban J connectivity index is 1.41. The second-order valence-electron chi connectivity index (χ2n) is 5.96. The highest BCUT2D eigenvalue weighted by Gasteiger charge is 2.19. The smallest absolute Gasteiger partial charge is 0.217 e. The fraction of sp³-hybridized carbons (Fsp3) is 0.294. The van der Waals surface area contributed by atoms with Crippen LogP contribution in [0, 0.1) is 4.77 Å². The number of rotatable bonds is 4. The van der Waals surface area contributed by atoms with Crippen LogP contribution in [0.15, 0.2) is 41.8 Å². The van der Waals surface area contributed by atoms with E-state index in [1.165, 1.54) is 0 Å². The van der Waals surface area contributed by atoms with E-state index >= 15 is 0 Å². The molecule has 0 saturated carbocycles. The van der Waals surface area contributed by atoms with E-state index in [2.05, 4.69) is 25.9 Å². The molecule has 0 amide bonds. The predicted octanol–water partition coefficient (Wildman–Crippen LogP) is 4.10. The van der Waals surface area contributed by atoms with Crippen LogP contribution in [0.5, 0.6) is 0 Å². The average Bonchev–Trinajstić information content (AvgIpc) is 3.27. The summed E-state index contributed by atoms with van der Waals surface area (Å²) in [6.07, 6.45) is 0. The lowest BCUT2D eigenvalue weighted by Gasteiger charge is -2.36. The molecule has 3 heterocycles. The molecule has 25 heavy (non-hydrogen) atoms. The maximum atomic E-state index is 6.31. The van der Waals surface area contributed by atoms with Gasteiger partial charge in [0.05, 0.1) is 22.3 Å². The van der Waals surface area contributed by atoms with E-state index in [1.54, 1.807) is 11.3 Å². The van der Waals surface area contributed by atoms with Gasteiger partial charge in [0.2, 0.25) is 4.77 Å². The zero-order valence-electron chi connectivity index (χ0n) is 13.6. The molecule has 1 N–H and O–H groups in total. The van der Waals surface area contributed by atoms with Gasteiger partial charge in [0, 0.05) is 26.2 Å². The largest absolute Gasteiger partial charge is 0.368 e. The first-order chi connectivity index (χ1) is 12.2. The number of hydrogen-bond acceptors (Lipinski definition) is 5. The molecule has 1 saturated heterocycles. The first-order valence-electron chi connectivity index (χ1n) is 8.13. The van der Waals surface area contributed by atoms with Crippen molar-refractivity contribution in [2.45, 2.75) is 6.67 Å². The molecule has 1 fully saturated rings. The van der Waals surface area contributed by atoms with Crippen molar-refractivity contribution in [2.75, 3.05) is 31.1 Å². The van der Waals surface area contributed by atoms with E-state index in [9.17, 15) is 0 Å². The first-order valence-corrected chi connectivity index (χ1v) is 9.80. The second-order valence-corrected chi connectivity index (χ2v) is 7.68. The Morgan fingerprint density at radius 2 is 1.92 bits per heavy atom. The van der Waals surface area contributed by atoms with Gasteiger partial charge in [0.25, 0.3) is 0 Å². The summed E-state index contributed by atoms with van der Waals surface area (Å²) < 4.78 is 2.53. The van der Waals surface area contributed by atoms with Gasteiger partial charge in [0.15, 0.2) is 5.82 Å². The summed E-state index contributed by atoms with van der Waals surface area (Å²) in [4.78, 5) is 10.3. The Morgan fingerprint density at radius 1 is 1.12 bits per heavy atom. The Bertz CT molecular complexity index is 894. The van der Waals surface area contributed by atoms with Gasteiger partial charge in [-0.2, -0.15) is 4.98 Å². The summed E-state index contributed by atoms with van der Waals surface area (Å²) in [5.41, 5.74) is 1.11. The first kappa shape index (κ1) is 16.8. The lowest BCUT2D eigenvalue weighted by molar-refractivity contribution is 0.194. The highest BCUT2D eigenvalue weighted by atomic mass is 35.5. The number of H-pyrrole nitrogens is 1. The fourth-order valence-corrected chi connectivity index (χ4v) is 4.13. The minimum Gasteiger partial charge on any atom is -0.368 e. The molecule has 0 radical (unpaired) electrons. The summed E-state index contributed by atoms with van der Waals surface area (Å²) in [6, 6.07) is 12.1. The van der Waals surface area contributed by atoms with Crippen molar-refractivity contribution in [1.82, 2.24) is 19.7 Å². The number of nitrogens with zero attached hydrogens (tertiary/aromatic N) is 4. The summed E-state index contributed by atoms with van der Waals surface area (Å²) in [5, 5.41) is 6.17. The van der Waals surface area contributed by atoms with Gasteiger partial charge in [-0.15, -0.1) is 11.3 Å². The summed E-state index contributed by atoms with van der Waals surface area (Å²) >= 11 is 13.4. The maximum Gasteiger partial charge on any atom is 0.217 e. The molecule has 0 bridgehead atoms. The van der Waals surface area contributed by atoms with Crippen LogP contribution in [-0.4, -0.2) is 45.8 Å². The number of para-hydroxylation sites is 1. The molecule has 0 unspecified atom stereocenters. The Hall–Kier alpha value is -1.67. The van der Waals surface area contributed by atoms with E-state index < -0.39 is 0 Å². The van der Waals surface area contributed by atoms with Gasteiger partial charge in [-0.25, -0.2) is 4.68 Å². The molecule has 2 aromatic heterocycles. The lowest BCUT2D eigenvalue weighted by Crippen LogP contribution is -2.47. The third-order valence-corrected chi connectivity index (χ3v) is 5.85. The topological polar surface area (TPSA) is 40.1 Å². The van der Waals surface area contributed by atoms with Crippen LogP contribution in [0.2, 0.25) is 5.02 Å². The number of aromatic nitrogens is 3. The summed E-state index contributed by atoms with van der Waals surface area (Å²) in [5.74, 6) is 0.842. The van der Waals surface area contributed by atoms with Crippen LogP contribution >= 0.6 is 35.2 Å². The molecule has 1 aliphatic heterocycles. The number of piperazine rings is 1. The number of nitrogens with one attached hydrogen (secondary N) is 1. The molecule has 1 aromatic carbocycles. The molecule has 4 rings (SSSR count). The average molecular weight is 392 g/mol. The summed E-state index contributed by atoms with van der Waals surface area (Å²) in [6.45, 7) is 4.54. The van der Waals surface area contributed by atoms with Crippen LogP contribution in [0.1, 0.15) is 0 Å². The van der Waals surface area contributed by atoms with Crippen molar-refractivity contribution < 1.29 is 0 Å². The van der Waals surface area contributed by atoms with Crippen LogP contribution in [0.4, 0.5) is 5.69 Å². The van der Waals surface area contributed by atoms with E-state index in [0.29, 0.717) is 4.77 Å². The minimum atomic E-state index is 0.594. The highest BCUT2D eigenvalue weighted by Crippen LogP contribution is 2.26. The van der Waals surface area contributed by atoms with Crippen LogP contribution in [-0.2, 0) is 6.67 Å². The number of halogens is 1. The van der Waals surface area contributed by atoms with Crippen molar-refractivity contribution in [1.29, 1.82) is 0 Å². The van der Waals surface area contributed by atoms with Crippen LogP contribution in [0.25, 0.3) is 10.7 Å². The Kier molecular flexibility index (Phi) is 4.89. The molecule has 8 heteroatoms. The molecule has 130 valence electrons. The fourth-order valence-electron chi connectivity index (χ4n) is 3.01. The molecular formula is C17H18ClN5S2. The van der Waals surface area contributed by atoms with Crippen molar-refractivity contribution in [3.63, 3.8) is 0 Å². The number of anilines is 1. The number of aromatic amines is 1. The van der Waals surface area contributed by atoms with Gasteiger partial charge < -0.3 is 4.90 Å². The standard InChI is InChI=1S/C17H18ClN5S2/c18-13-4-1-2-5-14(13)22-9-7-21(8-10-22)12-23-17(24)19-16(20-23)15-6-3-11-25-15/h1-6,11H,7-10,12H2,(H,19,20,24). The normalized spacial score (nSPS) is 15.6. The maximum absolute atomic E-state index is 6.31. The van der Waals surface area contributed by atoms with Gasteiger partial charge in [-0.3, -0.25) is 10.00 Å². The SMILES string of the molecule is S=c1nc(-c2cccs2)[nH]n1CN1CCN(c2ccccc2Cl)CC1. The minimum absolute atomic E-state index is 0.594. The van der Waals surface area contributed by atoms with Crippen molar-refractivity contribution in [2.24, 2.45) is 0 Å². The molecular weight excluding hydrogens is 374 g/mol.